The summed E-state index contributed by atoms with van der Waals surface area (Å²) in [5, 5.41) is 8.95. The molecule has 0 aromatic rings. The van der Waals surface area contributed by atoms with Gasteiger partial charge in [0.25, 0.3) is 0 Å². The van der Waals surface area contributed by atoms with E-state index in [-0.39, 0.29) is 13.0 Å². The van der Waals surface area contributed by atoms with Crippen molar-refractivity contribution in [3.63, 3.8) is 0 Å². The fourth-order valence-corrected chi connectivity index (χ4v) is 3.23. The smallest absolute Gasteiger partial charge is 0.309 e. The monoisotopic (exact) mass is 394 g/mol. The topological polar surface area (TPSA) is 63.6 Å². The van der Waals surface area contributed by atoms with Crippen molar-refractivity contribution in [2.75, 3.05) is 6.61 Å². The van der Waals surface area contributed by atoms with Crippen LogP contribution < -0.4 is 0 Å². The fourth-order valence-electron chi connectivity index (χ4n) is 3.23. The van der Waals surface area contributed by atoms with Crippen LogP contribution in [0.2, 0.25) is 0 Å². The molecule has 0 aromatic carbocycles. The zero-order chi connectivity index (χ0) is 20.9. The van der Waals surface area contributed by atoms with Crippen molar-refractivity contribution in [1.82, 2.24) is 0 Å². The van der Waals surface area contributed by atoms with Crippen molar-refractivity contribution in [3.8, 4) is 0 Å². The summed E-state index contributed by atoms with van der Waals surface area (Å²) in [6.07, 6.45) is 22.4. The molecule has 0 aliphatic heterocycles. The molecule has 0 heterocycles. The van der Waals surface area contributed by atoms with Crippen molar-refractivity contribution >= 4 is 11.9 Å². The summed E-state index contributed by atoms with van der Waals surface area (Å²) < 4.78 is 5.00. The van der Waals surface area contributed by atoms with Gasteiger partial charge in [-0.3, -0.25) is 9.59 Å². The Morgan fingerprint density at radius 3 is 1.96 bits per heavy atom. The minimum atomic E-state index is -0.949. The normalized spacial score (nSPS) is 12.2. The van der Waals surface area contributed by atoms with E-state index in [4.69, 9.17) is 9.84 Å². The van der Waals surface area contributed by atoms with Gasteiger partial charge in [-0.05, 0) is 32.1 Å². The van der Waals surface area contributed by atoms with E-state index >= 15 is 0 Å². The zero-order valence-corrected chi connectivity index (χ0v) is 18.0. The Hall–Kier alpha value is -1.58. The molecule has 1 unspecified atom stereocenters. The van der Waals surface area contributed by atoms with Crippen LogP contribution in [-0.4, -0.2) is 23.7 Å². The highest BCUT2D eigenvalue weighted by Gasteiger charge is 2.22. The molecule has 0 amide bonds. The second-order valence-corrected chi connectivity index (χ2v) is 7.59. The number of carboxylic acids is 1. The van der Waals surface area contributed by atoms with Gasteiger partial charge in [0.15, 0.2) is 0 Å². The van der Waals surface area contributed by atoms with E-state index in [9.17, 15) is 9.59 Å². The number of unbranched alkanes of at least 4 members (excludes halogenated alkanes) is 11. The fraction of sp³-hybridized carbons (Fsp3) is 0.750. The van der Waals surface area contributed by atoms with Crippen LogP contribution in [0.5, 0.6) is 0 Å². The first-order valence-corrected chi connectivity index (χ1v) is 11.3. The molecule has 28 heavy (non-hydrogen) atoms. The van der Waals surface area contributed by atoms with Crippen LogP contribution in [0, 0.1) is 5.92 Å². The van der Waals surface area contributed by atoms with Gasteiger partial charge in [-0.1, -0.05) is 89.5 Å². The second kappa shape index (κ2) is 20.2. The molecule has 1 atom stereocenters. The van der Waals surface area contributed by atoms with Gasteiger partial charge >= 0.3 is 11.9 Å². The van der Waals surface area contributed by atoms with Crippen LogP contribution in [0.3, 0.4) is 0 Å². The lowest BCUT2D eigenvalue weighted by molar-refractivity contribution is -0.152. The molecule has 0 spiro atoms. The van der Waals surface area contributed by atoms with Crippen molar-refractivity contribution in [2.24, 2.45) is 5.92 Å². The first-order valence-electron chi connectivity index (χ1n) is 11.3. The lowest BCUT2D eigenvalue weighted by Crippen LogP contribution is -2.21. The number of rotatable bonds is 20. The number of aliphatic carboxylic acids is 1. The first kappa shape index (κ1) is 26.4. The molecule has 162 valence electrons. The molecule has 4 heteroatoms. The predicted molar refractivity (Wildman–Crippen MR) is 116 cm³/mol. The molecule has 0 saturated heterocycles. The maximum absolute atomic E-state index is 11.9. The molecule has 0 saturated carbocycles. The van der Waals surface area contributed by atoms with Gasteiger partial charge in [-0.15, -0.1) is 0 Å². The maximum Gasteiger partial charge on any atom is 0.309 e. The molecule has 0 rings (SSSR count). The Bertz CT molecular complexity index is 428. The lowest BCUT2D eigenvalue weighted by Gasteiger charge is -2.13. The molecule has 0 aromatic heterocycles. The van der Waals surface area contributed by atoms with Crippen LogP contribution in [0.25, 0.3) is 0 Å². The third-order valence-electron chi connectivity index (χ3n) is 4.91. The zero-order valence-electron chi connectivity index (χ0n) is 18.0. The number of carbonyl (C=O) groups excluding carboxylic acids is 1. The van der Waals surface area contributed by atoms with Gasteiger partial charge in [0, 0.05) is 0 Å². The van der Waals surface area contributed by atoms with E-state index in [0.717, 1.165) is 19.3 Å². The summed E-state index contributed by atoms with van der Waals surface area (Å²) in [6.45, 7) is 5.89. The summed E-state index contributed by atoms with van der Waals surface area (Å²) in [4.78, 5) is 22.8. The number of ether oxygens (including phenoxy) is 1. The van der Waals surface area contributed by atoms with Gasteiger partial charge in [0.2, 0.25) is 0 Å². The van der Waals surface area contributed by atoms with E-state index in [1.807, 2.05) is 0 Å². The van der Waals surface area contributed by atoms with E-state index in [1.54, 1.807) is 0 Å². The highest BCUT2D eigenvalue weighted by Crippen LogP contribution is 2.17. The van der Waals surface area contributed by atoms with Crippen LogP contribution in [0.15, 0.2) is 24.8 Å². The second-order valence-electron chi connectivity index (χ2n) is 7.59. The third kappa shape index (κ3) is 17.8. The number of carboxylic acid groups (broad SMARTS) is 1. The van der Waals surface area contributed by atoms with E-state index in [2.05, 4.69) is 25.7 Å². The quantitative estimate of drug-likeness (QED) is 0.139. The van der Waals surface area contributed by atoms with Crippen LogP contribution in [0.1, 0.15) is 103 Å². The molecule has 0 bridgehead atoms. The number of carbonyl (C=O) groups is 2. The van der Waals surface area contributed by atoms with Gasteiger partial charge in [-0.25, -0.2) is 0 Å². The molecular formula is C24H42O4. The lowest BCUT2D eigenvalue weighted by atomic mass is 9.97. The van der Waals surface area contributed by atoms with E-state index in [0.29, 0.717) is 6.42 Å². The summed E-state index contributed by atoms with van der Waals surface area (Å²) >= 11 is 0. The number of esters is 1. The molecule has 4 nitrogen and oxygen atoms in total. The molecule has 0 aliphatic rings. The van der Waals surface area contributed by atoms with Gasteiger partial charge in [0.05, 0.1) is 12.3 Å². The molecular weight excluding hydrogens is 352 g/mol. The van der Waals surface area contributed by atoms with Crippen LogP contribution in [-0.2, 0) is 14.3 Å². The minimum Gasteiger partial charge on any atom is -0.481 e. The van der Waals surface area contributed by atoms with Crippen LogP contribution >= 0.6 is 0 Å². The van der Waals surface area contributed by atoms with Gasteiger partial charge in [-0.2, -0.15) is 0 Å². The largest absolute Gasteiger partial charge is 0.481 e. The van der Waals surface area contributed by atoms with Crippen molar-refractivity contribution < 1.29 is 19.4 Å². The van der Waals surface area contributed by atoms with Crippen molar-refractivity contribution in [3.05, 3.63) is 24.8 Å². The highest BCUT2D eigenvalue weighted by molar-refractivity contribution is 5.79. The molecule has 0 radical (unpaired) electrons. The van der Waals surface area contributed by atoms with E-state index in [1.165, 1.54) is 70.3 Å². The highest BCUT2D eigenvalue weighted by atomic mass is 16.5. The summed E-state index contributed by atoms with van der Waals surface area (Å²) in [5.41, 5.74) is 0. The van der Waals surface area contributed by atoms with Gasteiger partial charge in [0.1, 0.15) is 6.61 Å². The Morgan fingerprint density at radius 1 is 0.893 bits per heavy atom. The predicted octanol–water partition coefficient (Wildman–Crippen LogP) is 6.84. The number of hydrogen-bond acceptors (Lipinski definition) is 3. The average Bonchev–Trinajstić information content (AvgIpc) is 2.67. The third-order valence-corrected chi connectivity index (χ3v) is 4.91. The Balaban J connectivity index is 3.60. The van der Waals surface area contributed by atoms with Crippen molar-refractivity contribution in [2.45, 2.75) is 103 Å². The number of hydrogen-bond donors (Lipinski definition) is 1. The summed E-state index contributed by atoms with van der Waals surface area (Å²) in [5.74, 6) is -1.90. The minimum absolute atomic E-state index is 0.141. The average molecular weight is 395 g/mol. The summed E-state index contributed by atoms with van der Waals surface area (Å²) in [7, 11) is 0. The maximum atomic E-state index is 11.9. The number of allylic oxidation sites excluding steroid dienone is 2. The van der Waals surface area contributed by atoms with Crippen LogP contribution in [0.4, 0.5) is 0 Å². The molecule has 0 fully saturated rings. The van der Waals surface area contributed by atoms with Crippen molar-refractivity contribution in [1.29, 1.82) is 0 Å². The van der Waals surface area contributed by atoms with E-state index < -0.39 is 17.9 Å². The molecule has 1 N–H and O–H groups in total. The SMILES string of the molecule is C=CCOC(=O)C(CCCCCCCC/C=C/CCCCCCC)CC(=O)O. The van der Waals surface area contributed by atoms with Gasteiger partial charge < -0.3 is 9.84 Å². The summed E-state index contributed by atoms with van der Waals surface area (Å²) in [6, 6.07) is 0. The standard InChI is InChI=1S/C24H42O4/c1-3-5-6-7-8-9-10-11-12-13-14-15-16-17-18-19-22(21-23(25)26)24(27)28-20-4-2/h4,10-11,22H,2-3,5-9,12-21H2,1H3,(H,25,26)/b11-10+. The molecule has 0 aliphatic carbocycles. The first-order chi connectivity index (χ1) is 13.6. The Kier molecular flexibility index (Phi) is 19.0. The Labute approximate surface area is 172 Å². The Morgan fingerprint density at radius 2 is 1.43 bits per heavy atom.